The maximum Gasteiger partial charge on any atom is 0.470 e. The Morgan fingerprint density at radius 3 is 2.65 bits per heavy atom. The summed E-state index contributed by atoms with van der Waals surface area (Å²) in [4.78, 5) is 30.1. The summed E-state index contributed by atoms with van der Waals surface area (Å²) in [6.45, 7) is 0. The highest BCUT2D eigenvalue weighted by Crippen LogP contribution is 2.43. The van der Waals surface area contributed by atoms with Crippen LogP contribution in [0, 0.1) is 0 Å². The van der Waals surface area contributed by atoms with E-state index in [9.17, 15) is 9.36 Å². The number of benzene rings is 1. The molecule has 1 aromatic rings. The number of carbonyl (C=O) groups excluding carboxylic acids is 1. The van der Waals surface area contributed by atoms with E-state index in [0.717, 1.165) is 0 Å². The minimum atomic E-state index is -4.74. The molecule has 0 amide bonds. The second-order valence-corrected chi connectivity index (χ2v) is 6.39. The molecular formula is C12H15ClNO5P. The van der Waals surface area contributed by atoms with Crippen molar-refractivity contribution in [2.24, 2.45) is 5.73 Å². The molecule has 0 aliphatic heterocycles. The third kappa shape index (κ3) is 3.11. The highest BCUT2D eigenvalue weighted by molar-refractivity contribution is 7.46. The zero-order chi connectivity index (χ0) is 15.0. The maximum absolute atomic E-state index is 12.4. The van der Waals surface area contributed by atoms with Crippen LogP contribution >= 0.6 is 19.4 Å². The molecule has 1 aromatic carbocycles. The summed E-state index contributed by atoms with van der Waals surface area (Å²) in [5.74, 6) is -0.555. The zero-order valence-electron chi connectivity index (χ0n) is 10.5. The Morgan fingerprint density at radius 1 is 1.40 bits per heavy atom. The Balaban J connectivity index is 2.34. The molecule has 8 heteroatoms. The van der Waals surface area contributed by atoms with Crippen molar-refractivity contribution in [3.8, 4) is 0 Å². The van der Waals surface area contributed by atoms with Crippen LogP contribution in [0.2, 0.25) is 5.02 Å². The molecule has 0 saturated heterocycles. The van der Waals surface area contributed by atoms with E-state index < -0.39 is 25.2 Å². The van der Waals surface area contributed by atoms with Crippen molar-refractivity contribution in [2.75, 3.05) is 0 Å². The van der Waals surface area contributed by atoms with Gasteiger partial charge in [-0.3, -0.25) is 9.32 Å². The van der Waals surface area contributed by atoms with Gasteiger partial charge in [0, 0.05) is 5.02 Å². The average molecular weight is 320 g/mol. The first-order valence-corrected chi connectivity index (χ1v) is 7.97. The molecule has 1 fully saturated rings. The molecule has 0 heterocycles. The molecule has 2 rings (SSSR count). The number of rotatable bonds is 3. The lowest BCUT2D eigenvalue weighted by atomic mass is 9.75. The van der Waals surface area contributed by atoms with Crippen molar-refractivity contribution >= 4 is 25.2 Å². The van der Waals surface area contributed by atoms with Crippen LogP contribution in [-0.2, 0) is 19.4 Å². The molecule has 110 valence electrons. The predicted molar refractivity (Wildman–Crippen MR) is 73.1 cm³/mol. The zero-order valence-corrected chi connectivity index (χ0v) is 12.2. The molecule has 1 saturated carbocycles. The van der Waals surface area contributed by atoms with Crippen LogP contribution in [0.3, 0.4) is 0 Å². The highest BCUT2D eigenvalue weighted by atomic mass is 35.5. The molecule has 0 radical (unpaired) electrons. The highest BCUT2D eigenvalue weighted by Gasteiger charge is 2.46. The number of ketones is 1. The Bertz CT molecular complexity index is 575. The minimum Gasteiger partial charge on any atom is -0.315 e. The Hall–Kier alpha value is -0.750. The summed E-state index contributed by atoms with van der Waals surface area (Å²) in [6.07, 6.45) is -0.118. The van der Waals surface area contributed by atoms with Crippen LogP contribution in [0.5, 0.6) is 0 Å². The number of phosphoric acid groups is 1. The smallest absolute Gasteiger partial charge is 0.315 e. The van der Waals surface area contributed by atoms with Gasteiger partial charge in [0.05, 0.1) is 0 Å². The van der Waals surface area contributed by atoms with Gasteiger partial charge in [-0.25, -0.2) is 4.57 Å². The molecule has 0 aromatic heterocycles. The van der Waals surface area contributed by atoms with Crippen molar-refractivity contribution in [2.45, 2.75) is 30.9 Å². The molecule has 20 heavy (non-hydrogen) atoms. The van der Waals surface area contributed by atoms with E-state index in [4.69, 9.17) is 27.1 Å². The molecule has 2 atom stereocenters. The van der Waals surface area contributed by atoms with Crippen molar-refractivity contribution in [3.05, 3.63) is 34.9 Å². The number of hydrogen-bond acceptors (Lipinski definition) is 4. The van der Waals surface area contributed by atoms with Crippen molar-refractivity contribution in [1.29, 1.82) is 0 Å². The summed E-state index contributed by atoms with van der Waals surface area (Å²) in [5, 5.41) is 0.347. The van der Waals surface area contributed by atoms with Gasteiger partial charge in [0.15, 0.2) is 5.78 Å². The lowest BCUT2D eigenvalue weighted by Crippen LogP contribution is -2.53. The largest absolute Gasteiger partial charge is 0.470 e. The quantitative estimate of drug-likeness (QED) is 0.732. The molecule has 0 unspecified atom stereocenters. The SMILES string of the molecule is N[C@]1(c2ccccc2Cl)CCC[C@H](OP(=O)(O)O)C1=O. The number of halogens is 1. The van der Waals surface area contributed by atoms with E-state index in [0.29, 0.717) is 23.4 Å². The van der Waals surface area contributed by atoms with Crippen molar-refractivity contribution < 1.29 is 23.7 Å². The van der Waals surface area contributed by atoms with Crippen molar-refractivity contribution in [3.63, 3.8) is 0 Å². The summed E-state index contributed by atoms with van der Waals surface area (Å²) in [7, 11) is -4.74. The van der Waals surface area contributed by atoms with Crippen LogP contribution < -0.4 is 5.73 Å². The predicted octanol–water partition coefficient (Wildman–Crippen LogP) is 1.72. The van der Waals surface area contributed by atoms with Gasteiger partial charge in [0.1, 0.15) is 11.6 Å². The molecule has 6 nitrogen and oxygen atoms in total. The Labute approximate surface area is 121 Å². The van der Waals surface area contributed by atoms with Gasteiger partial charge in [0.25, 0.3) is 0 Å². The van der Waals surface area contributed by atoms with Gasteiger partial charge in [-0.15, -0.1) is 0 Å². The van der Waals surface area contributed by atoms with Crippen molar-refractivity contribution in [1.82, 2.24) is 0 Å². The second-order valence-electron chi connectivity index (χ2n) is 4.79. The Kier molecular flexibility index (Phi) is 4.35. The summed E-state index contributed by atoms with van der Waals surface area (Å²) < 4.78 is 15.5. The van der Waals surface area contributed by atoms with E-state index >= 15 is 0 Å². The fourth-order valence-electron chi connectivity index (χ4n) is 2.46. The van der Waals surface area contributed by atoms with Gasteiger partial charge in [-0.1, -0.05) is 29.8 Å². The molecule has 4 N–H and O–H groups in total. The molecule has 1 aliphatic carbocycles. The van der Waals surface area contributed by atoms with E-state index in [1.54, 1.807) is 24.3 Å². The van der Waals surface area contributed by atoms with Gasteiger partial charge >= 0.3 is 7.82 Å². The fourth-order valence-corrected chi connectivity index (χ4v) is 3.30. The third-order valence-electron chi connectivity index (χ3n) is 3.39. The van der Waals surface area contributed by atoms with Crippen LogP contribution in [0.15, 0.2) is 24.3 Å². The van der Waals surface area contributed by atoms with Crippen LogP contribution in [0.1, 0.15) is 24.8 Å². The summed E-state index contributed by atoms with van der Waals surface area (Å²) in [5.41, 5.74) is 5.24. The third-order valence-corrected chi connectivity index (χ3v) is 4.25. The summed E-state index contributed by atoms with van der Waals surface area (Å²) in [6, 6.07) is 6.68. The molecule has 1 aliphatic rings. The van der Waals surface area contributed by atoms with E-state index in [1.165, 1.54) is 0 Å². The monoisotopic (exact) mass is 319 g/mol. The average Bonchev–Trinajstić information content (AvgIpc) is 2.34. The first-order valence-electron chi connectivity index (χ1n) is 6.06. The molecule has 0 bridgehead atoms. The van der Waals surface area contributed by atoms with Gasteiger partial charge in [0.2, 0.25) is 0 Å². The number of Topliss-reactive ketones (excluding diaryl/α,β-unsaturated/α-hetero) is 1. The second kappa shape index (κ2) is 5.56. The van der Waals surface area contributed by atoms with Gasteiger partial charge < -0.3 is 15.5 Å². The normalized spacial score (nSPS) is 27.6. The van der Waals surface area contributed by atoms with Crippen LogP contribution in [0.25, 0.3) is 0 Å². The van der Waals surface area contributed by atoms with E-state index in [1.807, 2.05) is 0 Å². The number of nitrogens with two attached hydrogens (primary N) is 1. The van der Waals surface area contributed by atoms with Crippen LogP contribution in [0.4, 0.5) is 0 Å². The topological polar surface area (TPSA) is 110 Å². The number of hydrogen-bond donors (Lipinski definition) is 3. The fraction of sp³-hybridized carbons (Fsp3) is 0.417. The lowest BCUT2D eigenvalue weighted by Gasteiger charge is -2.36. The van der Waals surface area contributed by atoms with Gasteiger partial charge in [-0.05, 0) is 30.9 Å². The summed E-state index contributed by atoms with van der Waals surface area (Å²) >= 11 is 6.07. The standard InChI is InChI=1S/C12H15ClNO5P/c13-9-5-2-1-4-8(9)12(14)7-3-6-10(11(12)15)19-20(16,17)18/h1-2,4-5,10H,3,6-7,14H2,(H2,16,17,18)/t10-,12-/m0/s1. The maximum atomic E-state index is 12.4. The lowest BCUT2D eigenvalue weighted by molar-refractivity contribution is -0.135. The first kappa shape index (κ1) is 15.6. The van der Waals surface area contributed by atoms with Gasteiger partial charge in [-0.2, -0.15) is 0 Å². The molecule has 0 spiro atoms. The van der Waals surface area contributed by atoms with E-state index in [-0.39, 0.29) is 6.42 Å². The number of carbonyl (C=O) groups is 1. The number of phosphoric ester groups is 1. The minimum absolute atomic E-state index is 0.230. The van der Waals surface area contributed by atoms with E-state index in [2.05, 4.69) is 4.52 Å². The van der Waals surface area contributed by atoms with Crippen LogP contribution in [-0.4, -0.2) is 21.7 Å². The Morgan fingerprint density at radius 2 is 2.05 bits per heavy atom. The first-order chi connectivity index (χ1) is 9.24. The molecular weight excluding hydrogens is 305 g/mol.